The summed E-state index contributed by atoms with van der Waals surface area (Å²) < 4.78 is 19.1. The number of para-hydroxylation sites is 1. The van der Waals surface area contributed by atoms with Gasteiger partial charge in [0.15, 0.2) is 5.17 Å². The van der Waals surface area contributed by atoms with Gasteiger partial charge >= 0.3 is 0 Å². The van der Waals surface area contributed by atoms with Crippen LogP contribution in [0.15, 0.2) is 52.4 Å². The number of nitrogens with one attached hydrogen (secondary N) is 1. The Morgan fingerprint density at radius 2 is 2.12 bits per heavy atom. The fraction of sp³-hybridized carbons (Fsp3) is 0.111. The van der Waals surface area contributed by atoms with E-state index in [1.165, 1.54) is 17.8 Å². The Hall–Kier alpha value is -2.60. The van der Waals surface area contributed by atoms with Crippen LogP contribution in [0.4, 0.5) is 10.1 Å². The van der Waals surface area contributed by atoms with Gasteiger partial charge in [0.05, 0.1) is 11.5 Å². The molecule has 2 aromatic carbocycles. The minimum atomic E-state index is -0.420. The van der Waals surface area contributed by atoms with Crippen molar-refractivity contribution in [1.82, 2.24) is 5.32 Å². The topological polar surface area (TPSA) is 50.7 Å². The standard InChI is InChI=1S/C18H13FN2O2S/c19-13-3-1-2-4-14(13)20-18-21-17(22)16(24-18)10-11-5-6-15-12(9-11)7-8-23-15/h1-6,9-10H,7-8H2,(H,20,21,22). The molecule has 4 nitrogen and oxygen atoms in total. The summed E-state index contributed by atoms with van der Waals surface area (Å²) in [6.45, 7) is 0.698. The smallest absolute Gasteiger partial charge is 0.264 e. The first kappa shape index (κ1) is 15.0. The number of hydrogen-bond acceptors (Lipinski definition) is 4. The number of benzene rings is 2. The zero-order chi connectivity index (χ0) is 16.5. The maximum atomic E-state index is 13.7. The van der Waals surface area contributed by atoms with Crippen LogP contribution in [0.3, 0.4) is 0 Å². The highest BCUT2D eigenvalue weighted by Gasteiger charge is 2.24. The highest BCUT2D eigenvalue weighted by molar-refractivity contribution is 8.18. The first-order valence-electron chi connectivity index (χ1n) is 7.49. The van der Waals surface area contributed by atoms with Crippen molar-refractivity contribution in [2.24, 2.45) is 4.99 Å². The van der Waals surface area contributed by atoms with E-state index in [4.69, 9.17) is 4.74 Å². The first-order chi connectivity index (χ1) is 11.7. The zero-order valence-corrected chi connectivity index (χ0v) is 13.4. The van der Waals surface area contributed by atoms with E-state index in [1.54, 1.807) is 18.2 Å². The predicted molar refractivity (Wildman–Crippen MR) is 92.8 cm³/mol. The summed E-state index contributed by atoms with van der Waals surface area (Å²) in [5.74, 6) is 0.255. The number of amidine groups is 1. The van der Waals surface area contributed by atoms with Gasteiger partial charge in [0.25, 0.3) is 5.91 Å². The molecule has 2 aliphatic rings. The Morgan fingerprint density at radius 1 is 1.25 bits per heavy atom. The predicted octanol–water partition coefficient (Wildman–Crippen LogP) is 3.65. The molecule has 1 fully saturated rings. The summed E-state index contributed by atoms with van der Waals surface area (Å²) in [5.41, 5.74) is 2.29. The van der Waals surface area contributed by atoms with E-state index >= 15 is 0 Å². The Balaban J connectivity index is 1.59. The van der Waals surface area contributed by atoms with Gasteiger partial charge in [0.1, 0.15) is 17.3 Å². The number of fused-ring (bicyclic) bond motifs is 1. The van der Waals surface area contributed by atoms with Gasteiger partial charge in [-0.3, -0.25) is 4.79 Å². The molecule has 120 valence electrons. The van der Waals surface area contributed by atoms with Crippen LogP contribution in [0.5, 0.6) is 5.75 Å². The van der Waals surface area contributed by atoms with Gasteiger partial charge in [-0.25, -0.2) is 9.38 Å². The highest BCUT2D eigenvalue weighted by atomic mass is 32.2. The zero-order valence-electron chi connectivity index (χ0n) is 12.6. The lowest BCUT2D eigenvalue weighted by Crippen LogP contribution is -2.19. The normalized spacial score (nSPS) is 19.5. The summed E-state index contributed by atoms with van der Waals surface area (Å²) >= 11 is 1.20. The van der Waals surface area contributed by atoms with Gasteiger partial charge in [-0.15, -0.1) is 0 Å². The number of amides is 1. The molecule has 0 spiro atoms. The molecule has 2 aromatic rings. The minimum Gasteiger partial charge on any atom is -0.493 e. The third kappa shape index (κ3) is 2.92. The summed E-state index contributed by atoms with van der Waals surface area (Å²) in [7, 11) is 0. The fourth-order valence-corrected chi connectivity index (χ4v) is 3.41. The Bertz CT molecular complexity index is 892. The number of carbonyl (C=O) groups is 1. The van der Waals surface area contributed by atoms with Crippen LogP contribution in [0.2, 0.25) is 0 Å². The van der Waals surface area contributed by atoms with E-state index in [0.29, 0.717) is 16.7 Å². The van der Waals surface area contributed by atoms with E-state index in [2.05, 4.69) is 10.3 Å². The number of thioether (sulfide) groups is 1. The van der Waals surface area contributed by atoms with Crippen molar-refractivity contribution in [1.29, 1.82) is 0 Å². The fourth-order valence-electron chi connectivity index (χ4n) is 2.58. The molecule has 0 radical (unpaired) electrons. The average molecular weight is 340 g/mol. The van der Waals surface area contributed by atoms with Crippen molar-refractivity contribution in [2.75, 3.05) is 6.61 Å². The number of nitrogens with zero attached hydrogens (tertiary/aromatic N) is 1. The second kappa shape index (κ2) is 6.13. The summed E-state index contributed by atoms with van der Waals surface area (Å²) in [6, 6.07) is 12.1. The molecule has 1 N–H and O–H groups in total. The van der Waals surface area contributed by atoms with Gasteiger partial charge in [-0.05, 0) is 53.2 Å². The Labute approximate surface area is 142 Å². The second-order valence-electron chi connectivity index (χ2n) is 5.40. The molecule has 0 saturated carbocycles. The minimum absolute atomic E-state index is 0.205. The number of aliphatic imine (C=N–C) groups is 1. The van der Waals surface area contributed by atoms with Gasteiger partial charge in [0, 0.05) is 6.42 Å². The maximum absolute atomic E-state index is 13.7. The number of halogens is 1. The van der Waals surface area contributed by atoms with Crippen molar-refractivity contribution in [3.63, 3.8) is 0 Å². The Kier molecular flexibility index (Phi) is 3.82. The van der Waals surface area contributed by atoms with E-state index in [0.717, 1.165) is 23.3 Å². The van der Waals surface area contributed by atoms with Crippen LogP contribution in [0.25, 0.3) is 6.08 Å². The number of carbonyl (C=O) groups excluding carboxylic acids is 1. The van der Waals surface area contributed by atoms with Crippen molar-refractivity contribution in [3.8, 4) is 5.75 Å². The third-order valence-electron chi connectivity index (χ3n) is 3.74. The summed E-state index contributed by atoms with van der Waals surface area (Å²) in [6.07, 6.45) is 2.69. The van der Waals surface area contributed by atoms with Gasteiger partial charge in [0.2, 0.25) is 0 Å². The molecular formula is C18H13FN2O2S. The maximum Gasteiger partial charge on any atom is 0.264 e. The molecule has 2 aliphatic heterocycles. The van der Waals surface area contributed by atoms with Crippen LogP contribution in [-0.2, 0) is 11.2 Å². The largest absolute Gasteiger partial charge is 0.493 e. The molecule has 0 unspecified atom stereocenters. The SMILES string of the molecule is O=C1NC(=Nc2ccccc2F)SC1=Cc1ccc2c(c1)CCO2. The molecule has 0 aliphatic carbocycles. The third-order valence-corrected chi connectivity index (χ3v) is 4.65. The van der Waals surface area contributed by atoms with Crippen LogP contribution >= 0.6 is 11.8 Å². The number of rotatable bonds is 2. The van der Waals surface area contributed by atoms with E-state index in [-0.39, 0.29) is 11.6 Å². The van der Waals surface area contributed by atoms with E-state index < -0.39 is 5.82 Å². The van der Waals surface area contributed by atoms with Crippen molar-refractivity contribution in [2.45, 2.75) is 6.42 Å². The van der Waals surface area contributed by atoms with Crippen molar-refractivity contribution < 1.29 is 13.9 Å². The molecule has 1 saturated heterocycles. The average Bonchev–Trinajstić information content (AvgIpc) is 3.16. The molecular weight excluding hydrogens is 327 g/mol. The number of hydrogen-bond donors (Lipinski definition) is 1. The molecule has 0 atom stereocenters. The first-order valence-corrected chi connectivity index (χ1v) is 8.30. The van der Waals surface area contributed by atoms with Crippen LogP contribution < -0.4 is 10.1 Å². The van der Waals surface area contributed by atoms with Gasteiger partial charge < -0.3 is 10.1 Å². The molecule has 6 heteroatoms. The molecule has 0 bridgehead atoms. The van der Waals surface area contributed by atoms with Crippen LogP contribution in [0.1, 0.15) is 11.1 Å². The molecule has 2 heterocycles. The lowest BCUT2D eigenvalue weighted by atomic mass is 10.1. The lowest BCUT2D eigenvalue weighted by molar-refractivity contribution is -0.115. The van der Waals surface area contributed by atoms with Crippen molar-refractivity contribution in [3.05, 3.63) is 64.3 Å². The van der Waals surface area contributed by atoms with E-state index in [1.807, 2.05) is 24.3 Å². The molecule has 24 heavy (non-hydrogen) atoms. The number of ether oxygens (including phenoxy) is 1. The van der Waals surface area contributed by atoms with Gasteiger partial charge in [-0.2, -0.15) is 0 Å². The highest BCUT2D eigenvalue weighted by Crippen LogP contribution is 2.31. The summed E-state index contributed by atoms with van der Waals surface area (Å²) in [4.78, 5) is 16.8. The molecule has 1 amide bonds. The van der Waals surface area contributed by atoms with Gasteiger partial charge in [-0.1, -0.05) is 18.2 Å². The molecule has 0 aromatic heterocycles. The second-order valence-corrected chi connectivity index (χ2v) is 6.43. The van der Waals surface area contributed by atoms with Crippen molar-refractivity contribution >= 4 is 34.6 Å². The van der Waals surface area contributed by atoms with Crippen LogP contribution in [-0.4, -0.2) is 17.7 Å². The quantitative estimate of drug-likeness (QED) is 0.849. The van der Waals surface area contributed by atoms with E-state index in [9.17, 15) is 9.18 Å². The monoisotopic (exact) mass is 340 g/mol. The van der Waals surface area contributed by atoms with Crippen LogP contribution in [0, 0.1) is 5.82 Å². The summed E-state index contributed by atoms with van der Waals surface area (Å²) in [5, 5.41) is 3.04. The lowest BCUT2D eigenvalue weighted by Gasteiger charge is -2.00. The molecule has 4 rings (SSSR count). The Morgan fingerprint density at radius 3 is 3.00 bits per heavy atom.